The summed E-state index contributed by atoms with van der Waals surface area (Å²) >= 11 is 0. The summed E-state index contributed by atoms with van der Waals surface area (Å²) in [6.45, 7) is -0.974. The van der Waals surface area contributed by atoms with E-state index < -0.39 is 30.9 Å². The molecule has 0 spiro atoms. The number of fused-ring (bicyclic) bond motifs is 4. The molecule has 0 bridgehead atoms. The summed E-state index contributed by atoms with van der Waals surface area (Å²) in [7, 11) is 0. The van der Waals surface area contributed by atoms with Gasteiger partial charge >= 0.3 is 0 Å². The first-order chi connectivity index (χ1) is 26.2. The van der Waals surface area contributed by atoms with Crippen LogP contribution in [0.3, 0.4) is 0 Å². The Balaban J connectivity index is 1.50. The van der Waals surface area contributed by atoms with Gasteiger partial charge in [0.2, 0.25) is 0 Å². The normalized spacial score (nSPS) is 15.1. The van der Waals surface area contributed by atoms with Crippen molar-refractivity contribution < 1.29 is 11.0 Å². The van der Waals surface area contributed by atoms with Gasteiger partial charge in [0.1, 0.15) is 0 Å². The van der Waals surface area contributed by atoms with E-state index in [1.54, 1.807) is 0 Å². The molecule has 2 aliphatic rings. The average molecular weight is 596 g/mol. The molecule has 7 aromatic carbocycles. The lowest BCUT2D eigenvalue weighted by Crippen LogP contribution is -2.61. The van der Waals surface area contributed by atoms with Gasteiger partial charge in [0, 0.05) is 45.5 Å². The van der Waals surface area contributed by atoms with Gasteiger partial charge in [0.15, 0.2) is 0 Å². The molecule has 0 atom stereocenters. The van der Waals surface area contributed by atoms with E-state index in [2.05, 4.69) is 4.90 Å². The van der Waals surface area contributed by atoms with E-state index in [1.807, 2.05) is 143 Å². The lowest BCUT2D eigenvalue weighted by molar-refractivity contribution is 1.23. The lowest BCUT2D eigenvalue weighted by Gasteiger charge is -2.45. The predicted molar refractivity (Wildman–Crippen MR) is 195 cm³/mol. The van der Waals surface area contributed by atoms with Crippen LogP contribution < -0.4 is 31.1 Å². The van der Waals surface area contributed by atoms with E-state index in [-0.39, 0.29) is 46.5 Å². The van der Waals surface area contributed by atoms with Crippen LogP contribution in [0.2, 0.25) is 0 Å². The van der Waals surface area contributed by atoms with Gasteiger partial charge in [-0.2, -0.15) is 0 Å². The fourth-order valence-corrected chi connectivity index (χ4v) is 6.77. The molecule has 0 saturated carbocycles. The Morgan fingerprint density at radius 3 is 1.26 bits per heavy atom. The monoisotopic (exact) mass is 595 g/mol. The summed E-state index contributed by atoms with van der Waals surface area (Å²) in [5.74, 6) is 0. The van der Waals surface area contributed by atoms with Crippen molar-refractivity contribution in [3.05, 3.63) is 182 Å². The maximum absolute atomic E-state index is 9.41. The Morgan fingerprint density at radius 2 is 0.826 bits per heavy atom. The van der Waals surface area contributed by atoms with Crippen LogP contribution in [0, 0.1) is 0 Å². The summed E-state index contributed by atoms with van der Waals surface area (Å²) in [4.78, 5) is 5.87. The zero-order chi connectivity index (χ0) is 37.4. The van der Waals surface area contributed by atoms with Crippen LogP contribution in [0.5, 0.6) is 0 Å². The Hall–Kier alpha value is -6.00. The first kappa shape index (κ1) is 19.4. The summed E-state index contributed by atoms with van der Waals surface area (Å²) in [6, 6.07) is 40.1. The number of hydrogen-bond acceptors (Lipinski definition) is 3. The van der Waals surface area contributed by atoms with Crippen LogP contribution in [-0.4, -0.2) is 6.71 Å². The SMILES string of the molecule is [2H]c1c([2H])c([2H])c2c(c1[2H])B1c3c(cc(N(c4ccccc4)c4ccccc4)cc3N(c3ccccc3)c3c([2H])c([2H])c([2H])c([2H])c31)N2c1ccccc1. The van der Waals surface area contributed by atoms with Gasteiger partial charge in [-0.3, -0.25) is 0 Å². The second-order valence-electron chi connectivity index (χ2n) is 11.2. The Labute approximate surface area is 281 Å². The minimum Gasteiger partial charge on any atom is -0.311 e. The highest BCUT2D eigenvalue weighted by molar-refractivity contribution is 7.00. The van der Waals surface area contributed by atoms with Crippen LogP contribution in [-0.2, 0) is 0 Å². The van der Waals surface area contributed by atoms with Crippen LogP contribution >= 0.6 is 0 Å². The highest BCUT2D eigenvalue weighted by Crippen LogP contribution is 2.47. The number of rotatable bonds is 5. The van der Waals surface area contributed by atoms with Crippen LogP contribution in [0.4, 0.5) is 51.2 Å². The molecule has 0 aromatic heterocycles. The average Bonchev–Trinajstić information content (AvgIpc) is 3.21. The van der Waals surface area contributed by atoms with Gasteiger partial charge in [0.25, 0.3) is 6.71 Å². The quantitative estimate of drug-likeness (QED) is 0.184. The summed E-state index contributed by atoms with van der Waals surface area (Å²) in [5, 5.41) is 0. The largest absolute Gasteiger partial charge is 0.311 e. The number of nitrogens with zero attached hydrogens (tertiary/aromatic N) is 3. The number of hydrogen-bond donors (Lipinski definition) is 0. The van der Waals surface area contributed by atoms with Crippen molar-refractivity contribution in [3.63, 3.8) is 0 Å². The molecule has 46 heavy (non-hydrogen) atoms. The summed E-state index contributed by atoms with van der Waals surface area (Å²) < 4.78 is 73.0. The standard InChI is InChI=1S/C42H30BN3/c1-5-17-31(18-6-1)44(32-19-7-2-8-20-32)35-29-40-42-41(30-35)46(34-23-11-4-12-24-34)39-28-16-14-26-37(39)43(42)36-25-13-15-27-38(36)45(40)33-21-9-3-10-22-33/h1-30H/i13D,14D,15D,16D,25D,26D,27D,28D. The minimum atomic E-state index is -0.974. The molecule has 7 aromatic rings. The fourth-order valence-electron chi connectivity index (χ4n) is 6.77. The molecule has 216 valence electrons. The first-order valence-corrected chi connectivity index (χ1v) is 15.2. The number of benzene rings is 7. The molecule has 0 radical (unpaired) electrons. The lowest BCUT2D eigenvalue weighted by atomic mass is 9.33. The topological polar surface area (TPSA) is 9.72 Å². The minimum absolute atomic E-state index is 0.227. The van der Waals surface area contributed by atoms with Gasteiger partial charge in [-0.1, -0.05) is 109 Å². The Morgan fingerprint density at radius 1 is 0.435 bits per heavy atom. The molecule has 9 rings (SSSR count). The molecule has 3 nitrogen and oxygen atoms in total. The van der Waals surface area contributed by atoms with E-state index in [0.29, 0.717) is 28.2 Å². The van der Waals surface area contributed by atoms with Crippen LogP contribution in [0.1, 0.15) is 11.0 Å². The van der Waals surface area contributed by atoms with E-state index in [1.165, 1.54) is 0 Å². The van der Waals surface area contributed by atoms with E-state index in [9.17, 15) is 5.48 Å². The van der Waals surface area contributed by atoms with Gasteiger partial charge in [-0.05, 0) is 89.1 Å². The van der Waals surface area contributed by atoms with Crippen LogP contribution in [0.15, 0.2) is 182 Å². The van der Waals surface area contributed by atoms with Gasteiger partial charge in [0.05, 0.1) is 16.7 Å². The molecular weight excluding hydrogens is 557 g/mol. The molecule has 0 unspecified atom stereocenters. The van der Waals surface area contributed by atoms with Crippen molar-refractivity contribution >= 4 is 74.3 Å². The predicted octanol–water partition coefficient (Wildman–Crippen LogP) is 9.24. The van der Waals surface area contributed by atoms with Gasteiger partial charge < -0.3 is 14.7 Å². The highest BCUT2D eigenvalue weighted by Gasteiger charge is 2.43. The van der Waals surface area contributed by atoms with Crippen molar-refractivity contribution in [2.24, 2.45) is 0 Å². The number of anilines is 9. The maximum atomic E-state index is 9.41. The Bertz CT molecular complexity index is 2440. The third kappa shape index (κ3) is 4.15. The zero-order valence-electron chi connectivity index (χ0n) is 32.6. The Kier molecular flexibility index (Phi) is 4.58. The highest BCUT2D eigenvalue weighted by atomic mass is 15.2. The molecule has 0 N–H and O–H groups in total. The van der Waals surface area contributed by atoms with Crippen LogP contribution in [0.25, 0.3) is 0 Å². The van der Waals surface area contributed by atoms with Crippen molar-refractivity contribution in [2.45, 2.75) is 0 Å². The molecular formula is C42H30BN3. The van der Waals surface area contributed by atoms with Gasteiger partial charge in [-0.15, -0.1) is 0 Å². The third-order valence-electron chi connectivity index (χ3n) is 8.62. The fraction of sp³-hybridized carbons (Fsp3) is 0. The molecule has 0 saturated heterocycles. The second kappa shape index (κ2) is 10.9. The van der Waals surface area contributed by atoms with Crippen molar-refractivity contribution in [1.82, 2.24) is 0 Å². The van der Waals surface area contributed by atoms with Gasteiger partial charge in [-0.25, -0.2) is 0 Å². The molecule has 2 heterocycles. The van der Waals surface area contributed by atoms with E-state index in [4.69, 9.17) is 5.48 Å². The molecule has 0 aliphatic carbocycles. The summed E-state index contributed by atoms with van der Waals surface area (Å²) in [5.41, 5.74) is 6.65. The second-order valence-corrected chi connectivity index (χ2v) is 11.2. The number of para-hydroxylation sites is 6. The molecule has 0 fully saturated rings. The van der Waals surface area contributed by atoms with E-state index in [0.717, 1.165) is 17.1 Å². The maximum Gasteiger partial charge on any atom is 0.252 e. The molecule has 2 aliphatic heterocycles. The van der Waals surface area contributed by atoms with E-state index >= 15 is 0 Å². The first-order valence-electron chi connectivity index (χ1n) is 19.2. The van der Waals surface area contributed by atoms with Crippen molar-refractivity contribution in [1.29, 1.82) is 0 Å². The third-order valence-corrected chi connectivity index (χ3v) is 8.62. The molecule has 0 amide bonds. The summed E-state index contributed by atoms with van der Waals surface area (Å²) in [6.07, 6.45) is 0. The van der Waals surface area contributed by atoms with Crippen molar-refractivity contribution in [2.75, 3.05) is 14.7 Å². The van der Waals surface area contributed by atoms with Crippen molar-refractivity contribution in [3.8, 4) is 0 Å². The smallest absolute Gasteiger partial charge is 0.252 e. The zero-order valence-corrected chi connectivity index (χ0v) is 24.6. The molecule has 4 heteroatoms.